The van der Waals surface area contributed by atoms with Gasteiger partial charge in [-0.2, -0.15) is 0 Å². The van der Waals surface area contributed by atoms with Gasteiger partial charge in [-0.1, -0.05) is 0 Å². The maximum absolute atomic E-state index is 10.2. The first-order chi connectivity index (χ1) is 9.13. The Hall–Kier alpha value is -0.920. The van der Waals surface area contributed by atoms with E-state index in [1.54, 1.807) is 18.5 Å². The monoisotopic (exact) mass is 404 g/mol. The van der Waals surface area contributed by atoms with Crippen LogP contribution in [0.25, 0.3) is 0 Å². The van der Waals surface area contributed by atoms with Crippen molar-refractivity contribution >= 4 is 54.5 Å². The number of benzene rings is 1. The molecule has 0 aliphatic heterocycles. The van der Waals surface area contributed by atoms with Gasteiger partial charge in [-0.15, -0.1) is 11.3 Å². The first-order valence-corrected chi connectivity index (χ1v) is 7.87. The van der Waals surface area contributed by atoms with Gasteiger partial charge in [-0.25, -0.2) is 9.98 Å². The Morgan fingerprint density at radius 2 is 2.32 bits per heavy atom. The van der Waals surface area contributed by atoms with Crippen LogP contribution in [0, 0.1) is 0 Å². The Labute approximate surface area is 131 Å². The van der Waals surface area contributed by atoms with E-state index in [1.165, 1.54) is 11.3 Å². The number of phenols is 1. The molecule has 2 rings (SSSR count). The van der Waals surface area contributed by atoms with Gasteiger partial charge in [0.2, 0.25) is 5.13 Å². The van der Waals surface area contributed by atoms with Crippen molar-refractivity contribution in [2.75, 3.05) is 6.61 Å². The third-order valence-corrected chi connectivity index (χ3v) is 4.91. The standard InChI is InChI=1S/C12H10Br2N2O2S/c1-2-18-9-5-8(13)10(14)7(11(9)17)6-16-12-15-3-4-19-12/h3-6,17H,2H2,1H3/b16-6+. The van der Waals surface area contributed by atoms with Crippen LogP contribution in [0.2, 0.25) is 0 Å². The molecule has 1 aromatic carbocycles. The molecule has 0 saturated carbocycles. The van der Waals surface area contributed by atoms with Gasteiger partial charge in [-0.05, 0) is 44.8 Å². The zero-order chi connectivity index (χ0) is 13.8. The van der Waals surface area contributed by atoms with Crippen LogP contribution >= 0.6 is 43.2 Å². The van der Waals surface area contributed by atoms with E-state index in [1.807, 2.05) is 12.3 Å². The fourth-order valence-electron chi connectivity index (χ4n) is 1.39. The number of aliphatic imine (C=N–C) groups is 1. The lowest BCUT2D eigenvalue weighted by atomic mass is 10.2. The van der Waals surface area contributed by atoms with Crippen molar-refractivity contribution in [3.63, 3.8) is 0 Å². The minimum Gasteiger partial charge on any atom is -0.504 e. The molecule has 0 unspecified atom stereocenters. The van der Waals surface area contributed by atoms with E-state index in [-0.39, 0.29) is 5.75 Å². The van der Waals surface area contributed by atoms with Gasteiger partial charge in [-0.3, -0.25) is 0 Å². The molecule has 1 aromatic heterocycles. The molecule has 19 heavy (non-hydrogen) atoms. The molecule has 0 amide bonds. The van der Waals surface area contributed by atoms with Crippen molar-refractivity contribution in [2.24, 2.45) is 4.99 Å². The molecule has 0 bridgehead atoms. The van der Waals surface area contributed by atoms with Gasteiger partial charge < -0.3 is 9.84 Å². The van der Waals surface area contributed by atoms with E-state index in [0.29, 0.717) is 27.5 Å². The van der Waals surface area contributed by atoms with E-state index in [2.05, 4.69) is 41.8 Å². The Kier molecular flexibility index (Phi) is 4.95. The minimum absolute atomic E-state index is 0.0530. The number of thiazole rings is 1. The summed E-state index contributed by atoms with van der Waals surface area (Å²) >= 11 is 8.24. The number of ether oxygens (including phenoxy) is 1. The van der Waals surface area contributed by atoms with E-state index < -0.39 is 0 Å². The molecule has 0 fully saturated rings. The van der Waals surface area contributed by atoms with Crippen LogP contribution < -0.4 is 4.74 Å². The highest BCUT2D eigenvalue weighted by molar-refractivity contribution is 9.13. The predicted molar refractivity (Wildman–Crippen MR) is 84.0 cm³/mol. The maximum atomic E-state index is 10.2. The van der Waals surface area contributed by atoms with E-state index >= 15 is 0 Å². The number of aromatic nitrogens is 1. The second-order valence-corrected chi connectivity index (χ2v) is 5.96. The van der Waals surface area contributed by atoms with Gasteiger partial charge in [0.15, 0.2) is 11.5 Å². The summed E-state index contributed by atoms with van der Waals surface area (Å²) in [6, 6.07) is 1.71. The number of hydrogen-bond acceptors (Lipinski definition) is 5. The molecular weight excluding hydrogens is 396 g/mol. The average molecular weight is 406 g/mol. The normalized spacial score (nSPS) is 11.1. The van der Waals surface area contributed by atoms with Crippen molar-refractivity contribution < 1.29 is 9.84 Å². The lowest BCUT2D eigenvalue weighted by Gasteiger charge is -2.11. The first kappa shape index (κ1) is 14.5. The Morgan fingerprint density at radius 3 is 2.95 bits per heavy atom. The molecule has 0 aliphatic carbocycles. The zero-order valence-electron chi connectivity index (χ0n) is 9.93. The van der Waals surface area contributed by atoms with Gasteiger partial charge in [0.25, 0.3) is 0 Å². The van der Waals surface area contributed by atoms with Crippen LogP contribution in [-0.4, -0.2) is 22.9 Å². The number of halogens is 2. The van der Waals surface area contributed by atoms with Gasteiger partial charge in [0.05, 0.1) is 12.2 Å². The number of hydrogen-bond donors (Lipinski definition) is 1. The summed E-state index contributed by atoms with van der Waals surface area (Å²) < 4.78 is 6.88. The second-order valence-electron chi connectivity index (χ2n) is 3.44. The van der Waals surface area contributed by atoms with Gasteiger partial charge in [0.1, 0.15) is 0 Å². The summed E-state index contributed by atoms with van der Waals surface area (Å²) in [5.74, 6) is 0.468. The molecule has 0 radical (unpaired) electrons. The van der Waals surface area contributed by atoms with Crippen molar-refractivity contribution in [3.8, 4) is 11.5 Å². The van der Waals surface area contributed by atoms with E-state index in [4.69, 9.17) is 4.74 Å². The molecule has 0 saturated heterocycles. The molecule has 0 aliphatic rings. The van der Waals surface area contributed by atoms with Crippen molar-refractivity contribution in [2.45, 2.75) is 6.92 Å². The van der Waals surface area contributed by atoms with Crippen LogP contribution in [0.4, 0.5) is 5.13 Å². The zero-order valence-corrected chi connectivity index (χ0v) is 13.9. The lowest BCUT2D eigenvalue weighted by Crippen LogP contribution is -1.95. The fourth-order valence-corrected chi connectivity index (χ4v) is 2.70. The second kappa shape index (κ2) is 6.49. The van der Waals surface area contributed by atoms with Crippen LogP contribution in [0.5, 0.6) is 11.5 Å². The smallest absolute Gasteiger partial charge is 0.209 e. The summed E-state index contributed by atoms with van der Waals surface area (Å²) in [7, 11) is 0. The van der Waals surface area contributed by atoms with Crippen LogP contribution in [-0.2, 0) is 0 Å². The number of aromatic hydroxyl groups is 1. The molecule has 0 atom stereocenters. The highest BCUT2D eigenvalue weighted by Gasteiger charge is 2.14. The number of phenolic OH excluding ortho intramolecular Hbond substituents is 1. The minimum atomic E-state index is 0.0530. The Balaban J connectivity index is 2.43. The third-order valence-electron chi connectivity index (χ3n) is 2.22. The molecule has 0 spiro atoms. The van der Waals surface area contributed by atoms with Crippen LogP contribution in [0.3, 0.4) is 0 Å². The van der Waals surface area contributed by atoms with Crippen LogP contribution in [0.15, 0.2) is 31.6 Å². The SMILES string of the molecule is CCOc1cc(Br)c(Br)c(/C=N/c2nccs2)c1O. The van der Waals surface area contributed by atoms with E-state index in [0.717, 1.165) is 4.47 Å². The molecule has 2 aromatic rings. The highest BCUT2D eigenvalue weighted by Crippen LogP contribution is 2.39. The van der Waals surface area contributed by atoms with Crippen molar-refractivity contribution in [1.82, 2.24) is 4.98 Å². The molecule has 100 valence electrons. The quantitative estimate of drug-likeness (QED) is 0.760. The first-order valence-electron chi connectivity index (χ1n) is 5.40. The van der Waals surface area contributed by atoms with E-state index in [9.17, 15) is 5.11 Å². The van der Waals surface area contributed by atoms with Crippen LogP contribution in [0.1, 0.15) is 12.5 Å². The predicted octanol–water partition coefficient (Wildman–Crippen LogP) is 4.52. The summed E-state index contributed by atoms with van der Waals surface area (Å²) in [6.07, 6.45) is 3.24. The number of rotatable bonds is 4. The lowest BCUT2D eigenvalue weighted by molar-refractivity contribution is 0.317. The molecule has 1 N–H and O–H groups in total. The maximum Gasteiger partial charge on any atom is 0.209 e. The average Bonchev–Trinajstić information content (AvgIpc) is 2.89. The third kappa shape index (κ3) is 3.34. The Morgan fingerprint density at radius 1 is 1.53 bits per heavy atom. The van der Waals surface area contributed by atoms with Gasteiger partial charge in [0, 0.05) is 26.7 Å². The summed E-state index contributed by atoms with van der Waals surface area (Å²) in [5.41, 5.74) is 0.549. The van der Waals surface area contributed by atoms with Gasteiger partial charge >= 0.3 is 0 Å². The molecule has 4 nitrogen and oxygen atoms in total. The molecule has 1 heterocycles. The largest absolute Gasteiger partial charge is 0.504 e. The van der Waals surface area contributed by atoms with Crippen molar-refractivity contribution in [3.05, 3.63) is 32.2 Å². The fraction of sp³-hybridized carbons (Fsp3) is 0.167. The summed E-state index contributed by atoms with van der Waals surface area (Å²) in [6.45, 7) is 2.34. The Bertz CT molecular complexity index is 600. The van der Waals surface area contributed by atoms with Crippen molar-refractivity contribution in [1.29, 1.82) is 0 Å². The molecule has 7 heteroatoms. The molecular formula is C12H10Br2N2O2S. The summed E-state index contributed by atoms with van der Waals surface area (Å²) in [4.78, 5) is 8.27. The summed E-state index contributed by atoms with van der Waals surface area (Å²) in [5, 5.41) is 12.6. The topological polar surface area (TPSA) is 54.7 Å². The highest BCUT2D eigenvalue weighted by atomic mass is 79.9. The number of nitrogens with zero attached hydrogens (tertiary/aromatic N) is 2.